The zero-order valence-corrected chi connectivity index (χ0v) is 12.3. The lowest BCUT2D eigenvalue weighted by Crippen LogP contribution is -2.32. The fourth-order valence-electron chi connectivity index (χ4n) is 2.66. The molecule has 1 saturated carbocycles. The van der Waals surface area contributed by atoms with Crippen molar-refractivity contribution in [1.82, 2.24) is 9.88 Å². The second kappa shape index (κ2) is 6.22. The van der Waals surface area contributed by atoms with Gasteiger partial charge in [0.2, 0.25) is 0 Å². The summed E-state index contributed by atoms with van der Waals surface area (Å²) in [5, 5.41) is 11.8. The number of pyridine rings is 1. The van der Waals surface area contributed by atoms with Crippen LogP contribution >= 0.6 is 0 Å². The van der Waals surface area contributed by atoms with E-state index in [0.29, 0.717) is 12.3 Å². The molecule has 5 heteroatoms. The molecule has 3 N–H and O–H groups in total. The summed E-state index contributed by atoms with van der Waals surface area (Å²) < 4.78 is 0. The lowest BCUT2D eigenvalue weighted by Gasteiger charge is -2.25. The highest BCUT2D eigenvalue weighted by molar-refractivity contribution is 5.80. The normalized spacial score (nSPS) is 17.4. The fourth-order valence-corrected chi connectivity index (χ4v) is 2.66. The fraction of sp³-hybridized carbons (Fsp3) is 0.600. The molecule has 5 nitrogen and oxygen atoms in total. The van der Waals surface area contributed by atoms with Gasteiger partial charge in [-0.3, -0.25) is 9.88 Å². The van der Waals surface area contributed by atoms with E-state index in [1.165, 1.54) is 0 Å². The Balaban J connectivity index is 1.96. The van der Waals surface area contributed by atoms with Gasteiger partial charge < -0.3 is 10.9 Å². The van der Waals surface area contributed by atoms with E-state index in [1.807, 2.05) is 13.0 Å². The van der Waals surface area contributed by atoms with Gasteiger partial charge >= 0.3 is 0 Å². The summed E-state index contributed by atoms with van der Waals surface area (Å²) in [5.74, 6) is 0.340. The van der Waals surface area contributed by atoms with E-state index in [2.05, 4.69) is 34.1 Å². The Kier molecular flexibility index (Phi) is 4.60. The van der Waals surface area contributed by atoms with E-state index in [4.69, 9.17) is 10.9 Å². The molecule has 0 amide bonds. The number of nitrogens with two attached hydrogens (primary N) is 1. The third kappa shape index (κ3) is 3.93. The monoisotopic (exact) mass is 276 g/mol. The van der Waals surface area contributed by atoms with Gasteiger partial charge in [-0.1, -0.05) is 18.1 Å². The summed E-state index contributed by atoms with van der Waals surface area (Å²) in [6.45, 7) is 6.99. The van der Waals surface area contributed by atoms with Crippen LogP contribution in [0.3, 0.4) is 0 Å². The molecule has 1 aliphatic carbocycles. The predicted octanol–water partition coefficient (Wildman–Crippen LogP) is 2.13. The third-order valence-corrected chi connectivity index (χ3v) is 3.98. The topological polar surface area (TPSA) is 74.7 Å². The maximum absolute atomic E-state index is 8.72. The number of aromatic nitrogens is 1. The largest absolute Gasteiger partial charge is 0.409 e. The molecule has 0 atom stereocenters. The molecule has 1 aliphatic rings. The number of aryl methyl sites for hydroxylation is 1. The average molecular weight is 276 g/mol. The van der Waals surface area contributed by atoms with Gasteiger partial charge in [-0.15, -0.1) is 0 Å². The molecule has 0 aliphatic heterocycles. The summed E-state index contributed by atoms with van der Waals surface area (Å²) in [5.41, 5.74) is 8.02. The summed E-state index contributed by atoms with van der Waals surface area (Å²) in [6.07, 6.45) is 2.99. The summed E-state index contributed by atoms with van der Waals surface area (Å²) in [4.78, 5) is 6.95. The predicted molar refractivity (Wildman–Crippen MR) is 79.6 cm³/mol. The van der Waals surface area contributed by atoms with E-state index < -0.39 is 0 Å². The van der Waals surface area contributed by atoms with Crippen LogP contribution in [0.1, 0.15) is 37.6 Å². The molecule has 0 spiro atoms. The minimum absolute atomic E-state index is 0.205. The molecular formula is C15H24N4O. The molecule has 0 radical (unpaired) electrons. The highest BCUT2D eigenvalue weighted by Gasteiger charge is 2.44. The Bertz CT molecular complexity index is 483. The van der Waals surface area contributed by atoms with Crippen LogP contribution in [0.2, 0.25) is 0 Å². The number of rotatable bonds is 7. The highest BCUT2D eigenvalue weighted by atomic mass is 16.4. The van der Waals surface area contributed by atoms with E-state index >= 15 is 0 Å². The number of hydrogen-bond donors (Lipinski definition) is 2. The van der Waals surface area contributed by atoms with E-state index in [9.17, 15) is 0 Å². The van der Waals surface area contributed by atoms with E-state index in [1.54, 1.807) is 0 Å². The number of nitrogens with zero attached hydrogens (tertiary/aromatic N) is 3. The molecule has 1 heterocycles. The van der Waals surface area contributed by atoms with Crippen molar-refractivity contribution in [3.05, 3.63) is 29.6 Å². The molecule has 110 valence electrons. The Hall–Kier alpha value is -1.62. The molecule has 1 fully saturated rings. The first-order valence-electron chi connectivity index (χ1n) is 7.18. The van der Waals surface area contributed by atoms with Crippen molar-refractivity contribution in [2.45, 2.75) is 39.7 Å². The van der Waals surface area contributed by atoms with Crippen molar-refractivity contribution in [3.63, 3.8) is 0 Å². The minimum Gasteiger partial charge on any atom is -0.409 e. The Labute approximate surface area is 120 Å². The van der Waals surface area contributed by atoms with Crippen molar-refractivity contribution in [2.24, 2.45) is 16.3 Å². The first-order chi connectivity index (χ1) is 9.57. The van der Waals surface area contributed by atoms with Crippen molar-refractivity contribution < 1.29 is 5.21 Å². The van der Waals surface area contributed by atoms with Crippen molar-refractivity contribution >= 4 is 5.84 Å². The third-order valence-electron chi connectivity index (χ3n) is 3.98. The van der Waals surface area contributed by atoms with Gasteiger partial charge in [0.15, 0.2) is 0 Å². The van der Waals surface area contributed by atoms with Gasteiger partial charge in [0.05, 0.1) is 5.69 Å². The van der Waals surface area contributed by atoms with Crippen LogP contribution in [-0.4, -0.2) is 34.0 Å². The Morgan fingerprint density at radius 3 is 2.80 bits per heavy atom. The molecule has 2 rings (SSSR count). The van der Waals surface area contributed by atoms with Crippen molar-refractivity contribution in [2.75, 3.05) is 13.1 Å². The zero-order chi connectivity index (χ0) is 14.6. The molecule has 0 saturated heterocycles. The van der Waals surface area contributed by atoms with Gasteiger partial charge in [0.25, 0.3) is 0 Å². The van der Waals surface area contributed by atoms with Gasteiger partial charge in [-0.2, -0.15) is 0 Å². The molecular weight excluding hydrogens is 252 g/mol. The first kappa shape index (κ1) is 14.8. The standard InChI is InChI=1S/C15H24N4O/c1-3-19(10-13-6-4-5-12(2)17-13)11-15(7-8-15)9-14(16)18-20/h4-6,20H,3,7-11H2,1-2H3,(H2,16,18). The smallest absolute Gasteiger partial charge is 0.139 e. The van der Waals surface area contributed by atoms with E-state index in [0.717, 1.165) is 43.9 Å². The van der Waals surface area contributed by atoms with Crippen LogP contribution in [0.15, 0.2) is 23.4 Å². The maximum Gasteiger partial charge on any atom is 0.139 e. The van der Waals surface area contributed by atoms with Crippen LogP contribution in [0, 0.1) is 12.3 Å². The van der Waals surface area contributed by atoms with Crippen LogP contribution in [0.4, 0.5) is 0 Å². The Morgan fingerprint density at radius 2 is 2.25 bits per heavy atom. The summed E-state index contributed by atoms with van der Waals surface area (Å²) in [7, 11) is 0. The highest BCUT2D eigenvalue weighted by Crippen LogP contribution is 2.49. The Morgan fingerprint density at radius 1 is 1.50 bits per heavy atom. The van der Waals surface area contributed by atoms with E-state index in [-0.39, 0.29) is 5.41 Å². The SMILES string of the molecule is CCN(Cc1cccc(C)n1)CC1(C/C(N)=N/O)CC1. The second-order valence-corrected chi connectivity index (χ2v) is 5.84. The summed E-state index contributed by atoms with van der Waals surface area (Å²) in [6, 6.07) is 6.13. The van der Waals surface area contributed by atoms with Crippen LogP contribution in [0.5, 0.6) is 0 Å². The zero-order valence-electron chi connectivity index (χ0n) is 12.3. The summed E-state index contributed by atoms with van der Waals surface area (Å²) >= 11 is 0. The molecule has 0 bridgehead atoms. The van der Waals surface area contributed by atoms with Gasteiger partial charge in [-0.25, -0.2) is 0 Å². The lowest BCUT2D eigenvalue weighted by molar-refractivity contribution is 0.220. The van der Waals surface area contributed by atoms with Gasteiger partial charge in [0.1, 0.15) is 5.84 Å². The average Bonchev–Trinajstić information content (AvgIpc) is 3.17. The number of oxime groups is 1. The van der Waals surface area contributed by atoms with Crippen LogP contribution in [-0.2, 0) is 6.54 Å². The van der Waals surface area contributed by atoms with Gasteiger partial charge in [-0.05, 0) is 43.9 Å². The molecule has 20 heavy (non-hydrogen) atoms. The molecule has 0 unspecified atom stereocenters. The van der Waals surface area contributed by atoms with Crippen molar-refractivity contribution in [1.29, 1.82) is 0 Å². The maximum atomic E-state index is 8.72. The number of hydrogen-bond acceptors (Lipinski definition) is 4. The molecule has 0 aromatic carbocycles. The van der Waals surface area contributed by atoms with Crippen LogP contribution < -0.4 is 5.73 Å². The lowest BCUT2D eigenvalue weighted by atomic mass is 10.0. The molecule has 1 aromatic rings. The first-order valence-corrected chi connectivity index (χ1v) is 7.18. The minimum atomic E-state index is 0.205. The number of amidine groups is 1. The quantitative estimate of drug-likeness (QED) is 0.346. The van der Waals surface area contributed by atoms with Crippen molar-refractivity contribution in [3.8, 4) is 0 Å². The molecule has 1 aromatic heterocycles. The van der Waals surface area contributed by atoms with Gasteiger partial charge in [0, 0.05) is 25.2 Å². The van der Waals surface area contributed by atoms with Crippen LogP contribution in [0.25, 0.3) is 0 Å². The second-order valence-electron chi connectivity index (χ2n) is 5.84.